The van der Waals surface area contributed by atoms with Crippen LogP contribution in [-0.4, -0.2) is 0 Å². The Labute approximate surface area is 153 Å². The summed E-state index contributed by atoms with van der Waals surface area (Å²) in [5, 5.41) is 13.9. The zero-order valence-electron chi connectivity index (χ0n) is 14.2. The van der Waals surface area contributed by atoms with Gasteiger partial charge in [0.15, 0.2) is 0 Å². The van der Waals surface area contributed by atoms with Crippen LogP contribution in [0.3, 0.4) is 0 Å². The summed E-state index contributed by atoms with van der Waals surface area (Å²) in [6.45, 7) is 0. The average molecular weight is 336 g/mol. The van der Waals surface area contributed by atoms with Crippen LogP contribution in [0.15, 0.2) is 109 Å². The second kappa shape index (κ2) is 7.26. The zero-order chi connectivity index (χ0) is 17.8. The smallest absolute Gasteiger partial charge is 0.0732 e. The van der Waals surface area contributed by atoms with E-state index >= 15 is 0 Å². The van der Waals surface area contributed by atoms with Gasteiger partial charge < -0.3 is 0 Å². The minimum atomic E-state index is 0.622. The molecule has 0 N–H and O–H groups in total. The highest BCUT2D eigenvalue weighted by molar-refractivity contribution is 5.74. The first kappa shape index (κ1) is 16.1. The number of nitrogens with zero attached hydrogens (tertiary/aromatic N) is 1. The van der Waals surface area contributed by atoms with Crippen LogP contribution in [0.5, 0.6) is 0 Å². The highest BCUT2D eigenvalue weighted by atomic mass is 16.5. The van der Waals surface area contributed by atoms with E-state index in [-0.39, 0.29) is 0 Å². The van der Waals surface area contributed by atoms with Crippen molar-refractivity contribution < 1.29 is 5.21 Å². The molecule has 0 aliphatic rings. The van der Waals surface area contributed by atoms with Gasteiger partial charge in [0.05, 0.1) is 11.4 Å². The third-order valence-electron chi connectivity index (χ3n) is 4.38. The van der Waals surface area contributed by atoms with Crippen LogP contribution in [0.1, 0.15) is 0 Å². The van der Waals surface area contributed by atoms with Crippen LogP contribution in [0.2, 0.25) is 0 Å². The number of rotatable bonds is 4. The van der Waals surface area contributed by atoms with Crippen molar-refractivity contribution in [1.82, 2.24) is 0 Å². The number of hydrogen-bond acceptors (Lipinski definition) is 1. The lowest BCUT2D eigenvalue weighted by atomic mass is 10.0. The Morgan fingerprint density at radius 2 is 0.808 bits per heavy atom. The Bertz CT molecular complexity index is 914. The second-order valence-corrected chi connectivity index (χ2v) is 6.13. The van der Waals surface area contributed by atoms with Crippen LogP contribution >= 0.6 is 0 Å². The Hall–Kier alpha value is -3.36. The molecule has 0 aromatic heterocycles. The molecule has 4 aromatic rings. The lowest BCUT2D eigenvalue weighted by Crippen LogP contribution is -2.08. The molecule has 26 heavy (non-hydrogen) atoms. The normalized spacial score (nSPS) is 10.5. The summed E-state index contributed by atoms with van der Waals surface area (Å²) in [6, 6.07) is 35.6. The molecule has 0 bridgehead atoms. The van der Waals surface area contributed by atoms with Crippen molar-refractivity contribution in [3.8, 4) is 22.3 Å². The third kappa shape index (κ3) is 3.37. The molecule has 125 valence electrons. The fraction of sp³-hybridized carbons (Fsp3) is 0. The Morgan fingerprint density at radius 3 is 1.23 bits per heavy atom. The summed E-state index contributed by atoms with van der Waals surface area (Å²) in [5.74, 6) is 0. The second-order valence-electron chi connectivity index (χ2n) is 6.13. The van der Waals surface area contributed by atoms with E-state index in [4.69, 9.17) is 0 Å². The maximum atomic E-state index is 12.9. The van der Waals surface area contributed by atoms with Gasteiger partial charge in [0.1, 0.15) is 0 Å². The molecule has 4 aromatic carbocycles. The Kier molecular flexibility index (Phi) is 4.50. The minimum Gasteiger partial charge on any atom is -0.188 e. The molecule has 0 heterocycles. The van der Waals surface area contributed by atoms with Crippen molar-refractivity contribution in [2.75, 3.05) is 5.06 Å². The van der Waals surface area contributed by atoms with Gasteiger partial charge in [-0.2, -0.15) is 5.06 Å². The van der Waals surface area contributed by atoms with E-state index in [0.717, 1.165) is 27.3 Å². The van der Waals surface area contributed by atoms with Gasteiger partial charge >= 0.3 is 0 Å². The van der Waals surface area contributed by atoms with Crippen LogP contribution in [-0.2, 0) is 5.21 Å². The van der Waals surface area contributed by atoms with Gasteiger partial charge in [0.2, 0.25) is 0 Å². The molecule has 0 saturated carbocycles. The lowest BCUT2D eigenvalue weighted by Gasteiger charge is -2.16. The molecular formula is C24H18NO. The van der Waals surface area contributed by atoms with E-state index in [1.165, 1.54) is 0 Å². The maximum absolute atomic E-state index is 12.9. The topological polar surface area (TPSA) is 23.1 Å². The van der Waals surface area contributed by atoms with Gasteiger partial charge in [-0.1, -0.05) is 90.1 Å². The monoisotopic (exact) mass is 336 g/mol. The molecule has 0 aliphatic carbocycles. The van der Waals surface area contributed by atoms with Crippen LogP contribution < -0.4 is 5.06 Å². The Morgan fingerprint density at radius 1 is 0.423 bits per heavy atom. The van der Waals surface area contributed by atoms with Gasteiger partial charge in [-0.05, 0) is 46.5 Å². The van der Waals surface area contributed by atoms with Crippen molar-refractivity contribution in [2.45, 2.75) is 0 Å². The molecule has 4 rings (SSSR count). The van der Waals surface area contributed by atoms with Crippen LogP contribution in [0, 0.1) is 0 Å². The first-order chi connectivity index (χ1) is 12.8. The summed E-state index contributed by atoms with van der Waals surface area (Å²) < 4.78 is 0. The van der Waals surface area contributed by atoms with E-state index in [2.05, 4.69) is 0 Å². The fourth-order valence-electron chi connectivity index (χ4n) is 3.03. The minimum absolute atomic E-state index is 0.622. The number of benzene rings is 4. The summed E-state index contributed by atoms with van der Waals surface area (Å²) >= 11 is 0. The molecule has 0 aliphatic heterocycles. The molecule has 2 nitrogen and oxygen atoms in total. The van der Waals surface area contributed by atoms with E-state index in [1.807, 2.05) is 109 Å². The van der Waals surface area contributed by atoms with Gasteiger partial charge in [0, 0.05) is 0 Å². The molecule has 0 unspecified atom stereocenters. The number of hydrogen-bond donors (Lipinski definition) is 0. The van der Waals surface area contributed by atoms with Gasteiger partial charge in [-0.15, -0.1) is 0 Å². The highest BCUT2D eigenvalue weighted by Gasteiger charge is 2.10. The molecule has 0 saturated heterocycles. The van der Waals surface area contributed by atoms with Gasteiger partial charge in [0.25, 0.3) is 0 Å². The largest absolute Gasteiger partial charge is 0.188 e. The van der Waals surface area contributed by atoms with Crippen LogP contribution in [0.25, 0.3) is 22.3 Å². The quantitative estimate of drug-likeness (QED) is 0.390. The maximum Gasteiger partial charge on any atom is 0.0732 e. The summed E-state index contributed by atoms with van der Waals surface area (Å²) in [5.41, 5.74) is 5.50. The van der Waals surface area contributed by atoms with Crippen molar-refractivity contribution >= 4 is 11.4 Å². The lowest BCUT2D eigenvalue weighted by molar-refractivity contribution is 0.196. The first-order valence-corrected chi connectivity index (χ1v) is 8.59. The SMILES string of the molecule is [O]N(c1cccc(-c2ccccc2)c1)c1cccc(-c2ccccc2)c1. The summed E-state index contributed by atoms with van der Waals surface area (Å²) in [6.07, 6.45) is 0. The number of anilines is 2. The molecule has 0 atom stereocenters. The van der Waals surface area contributed by atoms with E-state index in [1.54, 1.807) is 0 Å². The fourth-order valence-corrected chi connectivity index (χ4v) is 3.03. The van der Waals surface area contributed by atoms with E-state index in [9.17, 15) is 5.21 Å². The van der Waals surface area contributed by atoms with E-state index in [0.29, 0.717) is 11.4 Å². The molecule has 0 amide bonds. The van der Waals surface area contributed by atoms with Crippen LogP contribution in [0.4, 0.5) is 11.4 Å². The molecular weight excluding hydrogens is 318 g/mol. The molecule has 0 spiro atoms. The summed E-state index contributed by atoms with van der Waals surface area (Å²) in [7, 11) is 0. The highest BCUT2D eigenvalue weighted by Crippen LogP contribution is 2.31. The Balaban J connectivity index is 1.67. The van der Waals surface area contributed by atoms with Crippen molar-refractivity contribution in [1.29, 1.82) is 0 Å². The van der Waals surface area contributed by atoms with Crippen molar-refractivity contribution in [3.05, 3.63) is 109 Å². The third-order valence-corrected chi connectivity index (χ3v) is 4.38. The average Bonchev–Trinajstić information content (AvgIpc) is 2.75. The van der Waals surface area contributed by atoms with Crippen molar-refractivity contribution in [2.24, 2.45) is 0 Å². The first-order valence-electron chi connectivity index (χ1n) is 8.59. The molecule has 2 heteroatoms. The molecule has 0 fully saturated rings. The van der Waals surface area contributed by atoms with E-state index < -0.39 is 0 Å². The van der Waals surface area contributed by atoms with Crippen molar-refractivity contribution in [3.63, 3.8) is 0 Å². The van der Waals surface area contributed by atoms with Gasteiger partial charge in [-0.3, -0.25) is 0 Å². The predicted octanol–water partition coefficient (Wildman–Crippen LogP) is 6.50. The standard InChI is InChI=1S/C24H18NO/c26-25(23-15-7-13-21(17-23)19-9-3-1-4-10-19)24-16-8-14-22(18-24)20-11-5-2-6-12-20/h1-18H. The predicted molar refractivity (Wildman–Crippen MR) is 107 cm³/mol. The summed E-state index contributed by atoms with van der Waals surface area (Å²) in [4.78, 5) is 0. The van der Waals surface area contributed by atoms with Gasteiger partial charge in [-0.25, -0.2) is 0 Å². The zero-order valence-corrected chi connectivity index (χ0v) is 14.2. The molecule has 1 radical (unpaired) electrons.